The maximum absolute atomic E-state index is 14.5. The number of hydrogen-bond donors (Lipinski definition) is 1. The van der Waals surface area contributed by atoms with Gasteiger partial charge in [-0.25, -0.2) is 9.18 Å². The Hall–Kier alpha value is -1.63. The molecular formula is C19H25BrFNO4. The molecule has 144 valence electrons. The number of carbonyl (C=O) groups is 2. The van der Waals surface area contributed by atoms with E-state index in [2.05, 4.69) is 15.9 Å². The Kier molecular flexibility index (Phi) is 5.71. The quantitative estimate of drug-likeness (QED) is 0.738. The molecule has 2 unspecified atom stereocenters. The number of amides is 1. The van der Waals surface area contributed by atoms with Crippen molar-refractivity contribution in [2.75, 3.05) is 0 Å². The van der Waals surface area contributed by atoms with Crippen molar-refractivity contribution in [3.8, 4) is 0 Å². The highest BCUT2D eigenvalue weighted by atomic mass is 79.9. The second kappa shape index (κ2) is 7.18. The van der Waals surface area contributed by atoms with Crippen LogP contribution < -0.4 is 0 Å². The van der Waals surface area contributed by atoms with E-state index in [1.54, 1.807) is 26.8 Å². The van der Waals surface area contributed by atoms with Gasteiger partial charge in [0.25, 0.3) is 0 Å². The lowest BCUT2D eigenvalue weighted by molar-refractivity contribution is -0.140. The van der Waals surface area contributed by atoms with E-state index in [1.165, 1.54) is 17.0 Å². The Labute approximate surface area is 161 Å². The summed E-state index contributed by atoms with van der Waals surface area (Å²) < 4.78 is 20.5. The number of nitrogens with zero attached hydrogens (tertiary/aromatic N) is 1. The third-order valence-corrected chi connectivity index (χ3v) is 5.07. The van der Waals surface area contributed by atoms with Gasteiger partial charge in [0.1, 0.15) is 17.3 Å². The molecule has 0 aliphatic carbocycles. The molecule has 0 bridgehead atoms. The molecule has 0 radical (unpaired) electrons. The number of aliphatic carboxylic acids is 1. The van der Waals surface area contributed by atoms with E-state index in [4.69, 9.17) is 4.74 Å². The first kappa shape index (κ1) is 20.7. The van der Waals surface area contributed by atoms with Crippen LogP contribution in [0.25, 0.3) is 0 Å². The molecule has 0 saturated carbocycles. The summed E-state index contributed by atoms with van der Waals surface area (Å²) in [5, 5.41) is 9.83. The number of rotatable bonds is 3. The number of carboxylic acids is 1. The third kappa shape index (κ3) is 4.37. The first-order chi connectivity index (χ1) is 11.8. The summed E-state index contributed by atoms with van der Waals surface area (Å²) in [7, 11) is 0. The van der Waals surface area contributed by atoms with E-state index in [0.29, 0.717) is 17.3 Å². The molecular weight excluding hydrogens is 405 g/mol. The van der Waals surface area contributed by atoms with Gasteiger partial charge in [0, 0.05) is 15.6 Å². The van der Waals surface area contributed by atoms with Gasteiger partial charge in [-0.05, 0) is 59.6 Å². The van der Waals surface area contributed by atoms with Crippen molar-refractivity contribution in [2.45, 2.75) is 70.6 Å². The Balaban J connectivity index is 2.46. The number of carbonyl (C=O) groups excluding carboxylic acids is 1. The Morgan fingerprint density at radius 2 is 2.00 bits per heavy atom. The fourth-order valence-corrected chi connectivity index (χ4v) is 3.80. The average Bonchev–Trinajstić information content (AvgIpc) is 2.75. The number of hydrogen-bond acceptors (Lipinski definition) is 3. The van der Waals surface area contributed by atoms with E-state index >= 15 is 0 Å². The summed E-state index contributed by atoms with van der Waals surface area (Å²) in [6, 6.07) is 3.61. The first-order valence-electron chi connectivity index (χ1n) is 8.53. The van der Waals surface area contributed by atoms with Crippen molar-refractivity contribution in [3.05, 3.63) is 34.1 Å². The molecule has 7 heteroatoms. The zero-order valence-corrected chi connectivity index (χ0v) is 17.3. The fourth-order valence-electron chi connectivity index (χ4n) is 3.47. The molecule has 0 aromatic heterocycles. The van der Waals surface area contributed by atoms with Crippen LogP contribution in [0.15, 0.2) is 22.7 Å². The standard InChI is InChI=1S/C19H25BrFNO4/c1-18(2,3)26-17(25)22-14(8-9-19(22,4)5)15(16(23)24)12-7-6-11(20)10-13(12)21/h6-7,10,14-15H,8-9H2,1-5H3,(H,23,24). The summed E-state index contributed by atoms with van der Waals surface area (Å²) in [5.41, 5.74) is -1.22. The molecule has 0 spiro atoms. The molecule has 1 aromatic carbocycles. The lowest BCUT2D eigenvalue weighted by Gasteiger charge is -2.39. The number of ether oxygens (including phenoxy) is 1. The minimum absolute atomic E-state index is 0.0666. The molecule has 1 saturated heterocycles. The fraction of sp³-hybridized carbons (Fsp3) is 0.579. The van der Waals surface area contributed by atoms with Crippen LogP contribution in [0.5, 0.6) is 0 Å². The summed E-state index contributed by atoms with van der Waals surface area (Å²) in [6.07, 6.45) is 0.492. The van der Waals surface area contributed by atoms with E-state index in [1.807, 2.05) is 13.8 Å². The SMILES string of the molecule is CC(C)(C)OC(=O)N1C(C(C(=O)O)c2ccc(Br)cc2F)CCC1(C)C. The molecule has 2 rings (SSSR count). The molecule has 1 aliphatic rings. The largest absolute Gasteiger partial charge is 0.481 e. The summed E-state index contributed by atoms with van der Waals surface area (Å²) in [6.45, 7) is 9.01. The minimum Gasteiger partial charge on any atom is -0.481 e. The van der Waals surface area contributed by atoms with Crippen LogP contribution in [0.4, 0.5) is 9.18 Å². The number of carboxylic acid groups (broad SMARTS) is 1. The predicted octanol–water partition coefficient (Wildman–Crippen LogP) is 4.93. The van der Waals surface area contributed by atoms with Gasteiger partial charge >= 0.3 is 12.1 Å². The van der Waals surface area contributed by atoms with Crippen molar-refractivity contribution >= 4 is 28.0 Å². The van der Waals surface area contributed by atoms with Gasteiger partial charge in [0.2, 0.25) is 0 Å². The summed E-state index contributed by atoms with van der Waals surface area (Å²) >= 11 is 3.18. The molecule has 26 heavy (non-hydrogen) atoms. The Morgan fingerprint density at radius 3 is 2.50 bits per heavy atom. The van der Waals surface area contributed by atoms with Gasteiger partial charge in [-0.3, -0.25) is 9.69 Å². The summed E-state index contributed by atoms with van der Waals surface area (Å²) in [5.74, 6) is -2.94. The zero-order chi connectivity index (χ0) is 19.9. The van der Waals surface area contributed by atoms with E-state index in [0.717, 1.165) is 0 Å². The lowest BCUT2D eigenvalue weighted by atomic mass is 9.89. The van der Waals surface area contributed by atoms with Crippen LogP contribution in [0, 0.1) is 5.82 Å². The number of likely N-dealkylation sites (tertiary alicyclic amines) is 1. The van der Waals surface area contributed by atoms with Gasteiger partial charge in [-0.15, -0.1) is 0 Å². The van der Waals surface area contributed by atoms with Gasteiger partial charge in [-0.1, -0.05) is 22.0 Å². The molecule has 1 N–H and O–H groups in total. The van der Waals surface area contributed by atoms with Crippen molar-refractivity contribution in [1.82, 2.24) is 4.90 Å². The molecule has 1 heterocycles. The highest BCUT2D eigenvalue weighted by Crippen LogP contribution is 2.42. The molecule has 5 nitrogen and oxygen atoms in total. The van der Waals surface area contributed by atoms with Crippen LogP contribution in [-0.4, -0.2) is 39.3 Å². The molecule has 1 fully saturated rings. The third-order valence-electron chi connectivity index (χ3n) is 4.57. The predicted molar refractivity (Wildman–Crippen MR) is 99.7 cm³/mol. The second-order valence-corrected chi connectivity index (χ2v) is 9.17. The van der Waals surface area contributed by atoms with Gasteiger partial charge < -0.3 is 9.84 Å². The zero-order valence-electron chi connectivity index (χ0n) is 15.7. The molecule has 2 atom stereocenters. The molecule has 1 aromatic rings. The average molecular weight is 430 g/mol. The maximum Gasteiger partial charge on any atom is 0.411 e. The normalized spacial score (nSPS) is 20.7. The van der Waals surface area contributed by atoms with Crippen LogP contribution in [-0.2, 0) is 9.53 Å². The van der Waals surface area contributed by atoms with Crippen molar-refractivity contribution in [1.29, 1.82) is 0 Å². The van der Waals surface area contributed by atoms with Crippen LogP contribution in [0.2, 0.25) is 0 Å². The number of benzene rings is 1. The second-order valence-electron chi connectivity index (χ2n) is 8.25. The van der Waals surface area contributed by atoms with E-state index in [-0.39, 0.29) is 5.56 Å². The highest BCUT2D eigenvalue weighted by Gasteiger charge is 2.50. The lowest BCUT2D eigenvalue weighted by Crippen LogP contribution is -2.51. The smallest absolute Gasteiger partial charge is 0.411 e. The summed E-state index contributed by atoms with van der Waals surface area (Å²) in [4.78, 5) is 26.3. The Bertz CT molecular complexity index is 714. The monoisotopic (exact) mass is 429 g/mol. The molecule has 1 amide bonds. The van der Waals surface area contributed by atoms with Gasteiger partial charge in [0.05, 0.1) is 6.04 Å². The molecule has 1 aliphatic heterocycles. The van der Waals surface area contributed by atoms with E-state index < -0.39 is 41.0 Å². The van der Waals surface area contributed by atoms with Crippen LogP contribution in [0.1, 0.15) is 58.9 Å². The van der Waals surface area contributed by atoms with Crippen molar-refractivity contribution in [2.24, 2.45) is 0 Å². The van der Waals surface area contributed by atoms with Crippen LogP contribution in [0.3, 0.4) is 0 Å². The first-order valence-corrected chi connectivity index (χ1v) is 9.33. The van der Waals surface area contributed by atoms with Gasteiger partial charge in [0.15, 0.2) is 0 Å². The van der Waals surface area contributed by atoms with Crippen molar-refractivity contribution < 1.29 is 23.8 Å². The highest BCUT2D eigenvalue weighted by molar-refractivity contribution is 9.10. The van der Waals surface area contributed by atoms with Crippen molar-refractivity contribution in [3.63, 3.8) is 0 Å². The topological polar surface area (TPSA) is 66.8 Å². The maximum atomic E-state index is 14.5. The van der Waals surface area contributed by atoms with Crippen LogP contribution >= 0.6 is 15.9 Å². The van der Waals surface area contributed by atoms with Gasteiger partial charge in [-0.2, -0.15) is 0 Å². The minimum atomic E-state index is -1.17. The van der Waals surface area contributed by atoms with E-state index in [9.17, 15) is 19.1 Å². The Morgan fingerprint density at radius 1 is 1.38 bits per heavy atom. The number of halogens is 2.